The molecule has 0 radical (unpaired) electrons. The molecule has 0 amide bonds. The predicted octanol–water partition coefficient (Wildman–Crippen LogP) is 5.41. The number of carbonyl (C=O) groups excluding carboxylic acids is 5. The first-order valence-corrected chi connectivity index (χ1v) is 20.0. The highest BCUT2D eigenvalue weighted by molar-refractivity contribution is 5.96. The molecule has 8 bridgehead atoms. The van der Waals surface area contributed by atoms with Gasteiger partial charge in [0, 0.05) is 18.8 Å². The van der Waals surface area contributed by atoms with Crippen LogP contribution in [0.15, 0.2) is 0 Å². The smallest absolute Gasteiger partial charge is 0.317 e. The third-order valence-electron chi connectivity index (χ3n) is 16.4. The van der Waals surface area contributed by atoms with E-state index in [2.05, 4.69) is 13.8 Å². The Kier molecular flexibility index (Phi) is 7.27. The van der Waals surface area contributed by atoms with Crippen LogP contribution in [0.2, 0.25) is 0 Å². The zero-order valence-electron chi connectivity index (χ0n) is 31.1. The van der Waals surface area contributed by atoms with Gasteiger partial charge in [-0.25, -0.2) is 0 Å². The number of cyclic esters (lactones) is 3. The van der Waals surface area contributed by atoms with Gasteiger partial charge in [-0.2, -0.15) is 0 Å². The van der Waals surface area contributed by atoms with Crippen LogP contribution in [0.4, 0.5) is 0 Å². The summed E-state index contributed by atoms with van der Waals surface area (Å²) >= 11 is 0. The van der Waals surface area contributed by atoms with Crippen LogP contribution >= 0.6 is 0 Å². The van der Waals surface area contributed by atoms with E-state index in [1.54, 1.807) is 6.92 Å². The van der Waals surface area contributed by atoms with Crippen LogP contribution in [0, 0.1) is 87.8 Å². The molecule has 17 atom stereocenters. The lowest BCUT2D eigenvalue weighted by Gasteiger charge is -2.63. The molecule has 8 aliphatic carbocycles. The summed E-state index contributed by atoms with van der Waals surface area (Å²) in [6.45, 7) is 12.1. The van der Waals surface area contributed by atoms with E-state index in [9.17, 15) is 24.3 Å². The number of esters is 5. The first-order valence-electron chi connectivity index (χ1n) is 20.0. The van der Waals surface area contributed by atoms with Gasteiger partial charge in [0.1, 0.15) is 11.2 Å². The van der Waals surface area contributed by atoms with Crippen LogP contribution < -0.4 is 0 Å². The number of aliphatic hydroxyl groups is 1. The van der Waals surface area contributed by atoms with E-state index in [1.807, 2.05) is 20.8 Å². The standard InChI is InChI=1S/C41H56O10/c1-19-24-10-25(27-15-48-33(43)30(24)27)26(19)14-38(6,31-23-8-7-22(9-23)29(31)28-20(2)32(42)49-34(28)44)35(45)51-41-13-21-11-39(17-41,16-40(47,12-21)18-41)36(46)50-37(3,4)5/h19-31,47H,7-18H2,1-6H3. The zero-order chi connectivity index (χ0) is 36.2. The average molecular weight is 709 g/mol. The highest BCUT2D eigenvalue weighted by atomic mass is 16.6. The van der Waals surface area contributed by atoms with Gasteiger partial charge in [0.05, 0.1) is 40.8 Å². The summed E-state index contributed by atoms with van der Waals surface area (Å²) in [6, 6.07) is 0. The number of fused-ring (bicyclic) bond motifs is 7. The molecule has 10 fully saturated rings. The molecular formula is C41H56O10. The maximum absolute atomic E-state index is 15.5. The van der Waals surface area contributed by atoms with Gasteiger partial charge in [-0.05, 0) is 139 Å². The van der Waals surface area contributed by atoms with Crippen molar-refractivity contribution in [1.29, 1.82) is 0 Å². The maximum Gasteiger partial charge on any atom is 0.317 e. The summed E-state index contributed by atoms with van der Waals surface area (Å²) in [5.41, 5.74) is -4.71. The van der Waals surface area contributed by atoms with Crippen LogP contribution in [-0.2, 0) is 42.9 Å². The molecule has 2 heterocycles. The van der Waals surface area contributed by atoms with Crippen LogP contribution in [-0.4, -0.2) is 58.4 Å². The zero-order valence-corrected chi connectivity index (χ0v) is 31.1. The van der Waals surface area contributed by atoms with E-state index in [4.69, 9.17) is 18.9 Å². The summed E-state index contributed by atoms with van der Waals surface area (Å²) in [5.74, 6) is -1.73. The molecule has 0 aromatic carbocycles. The van der Waals surface area contributed by atoms with Crippen molar-refractivity contribution in [3.8, 4) is 0 Å². The largest absolute Gasteiger partial charge is 0.465 e. The Morgan fingerprint density at radius 2 is 1.61 bits per heavy atom. The molecule has 8 saturated carbocycles. The number of ether oxygens (including phenoxy) is 4. The molecule has 10 rings (SSSR count). The number of rotatable bonds is 7. The normalized spacial score (nSPS) is 51.4. The lowest BCUT2D eigenvalue weighted by molar-refractivity contribution is -0.256. The van der Waals surface area contributed by atoms with Crippen molar-refractivity contribution >= 4 is 29.8 Å². The Morgan fingerprint density at radius 3 is 2.29 bits per heavy atom. The first kappa shape index (κ1) is 34.3. The minimum Gasteiger partial charge on any atom is -0.465 e. The summed E-state index contributed by atoms with van der Waals surface area (Å²) in [6.07, 6.45) is 7.15. The van der Waals surface area contributed by atoms with Gasteiger partial charge in [0.15, 0.2) is 0 Å². The Bertz CT molecular complexity index is 1580. The van der Waals surface area contributed by atoms with Crippen molar-refractivity contribution in [1.82, 2.24) is 0 Å². The van der Waals surface area contributed by atoms with Gasteiger partial charge in [0.25, 0.3) is 0 Å². The van der Waals surface area contributed by atoms with Gasteiger partial charge in [0.2, 0.25) is 0 Å². The monoisotopic (exact) mass is 708 g/mol. The summed E-state index contributed by atoms with van der Waals surface area (Å²) in [7, 11) is 0. The van der Waals surface area contributed by atoms with Gasteiger partial charge in [-0.15, -0.1) is 0 Å². The number of hydrogen-bond donors (Lipinski definition) is 1. The fraction of sp³-hybridized carbons (Fsp3) is 0.878. The van der Waals surface area contributed by atoms with Crippen LogP contribution in [0.3, 0.4) is 0 Å². The molecule has 0 spiro atoms. The van der Waals surface area contributed by atoms with Crippen molar-refractivity contribution in [3.63, 3.8) is 0 Å². The van der Waals surface area contributed by atoms with Gasteiger partial charge in [-0.3, -0.25) is 24.0 Å². The van der Waals surface area contributed by atoms with Crippen molar-refractivity contribution < 1.29 is 48.0 Å². The molecule has 10 heteroatoms. The molecule has 17 unspecified atom stereocenters. The molecule has 2 aliphatic heterocycles. The Balaban J connectivity index is 1.09. The van der Waals surface area contributed by atoms with E-state index in [0.717, 1.165) is 25.7 Å². The molecule has 1 N–H and O–H groups in total. The van der Waals surface area contributed by atoms with Crippen LogP contribution in [0.25, 0.3) is 0 Å². The van der Waals surface area contributed by atoms with Gasteiger partial charge < -0.3 is 24.1 Å². The Morgan fingerprint density at radius 1 is 0.863 bits per heavy atom. The Hall–Kier alpha value is -2.49. The molecule has 280 valence electrons. The second-order valence-corrected chi connectivity index (χ2v) is 20.6. The van der Waals surface area contributed by atoms with Crippen molar-refractivity contribution in [3.05, 3.63) is 0 Å². The lowest BCUT2D eigenvalue weighted by Crippen LogP contribution is -2.67. The summed E-state index contributed by atoms with van der Waals surface area (Å²) in [4.78, 5) is 68.4. The van der Waals surface area contributed by atoms with E-state index < -0.39 is 51.4 Å². The van der Waals surface area contributed by atoms with Gasteiger partial charge in [-0.1, -0.05) is 13.8 Å². The summed E-state index contributed by atoms with van der Waals surface area (Å²) < 4.78 is 23.7. The maximum atomic E-state index is 15.5. The van der Waals surface area contributed by atoms with Crippen molar-refractivity contribution in [2.24, 2.45) is 87.8 Å². The highest BCUT2D eigenvalue weighted by Crippen LogP contribution is 2.69. The van der Waals surface area contributed by atoms with Crippen LogP contribution in [0.5, 0.6) is 0 Å². The molecular weight excluding hydrogens is 652 g/mol. The average Bonchev–Trinajstić information content (AvgIpc) is 3.85. The van der Waals surface area contributed by atoms with Crippen molar-refractivity contribution in [2.75, 3.05) is 6.61 Å². The van der Waals surface area contributed by atoms with E-state index in [-0.39, 0.29) is 83.0 Å². The third-order valence-corrected chi connectivity index (χ3v) is 16.4. The highest BCUT2D eigenvalue weighted by Gasteiger charge is 2.71. The van der Waals surface area contributed by atoms with Gasteiger partial charge >= 0.3 is 29.8 Å². The summed E-state index contributed by atoms with van der Waals surface area (Å²) in [5, 5.41) is 12.0. The molecule has 10 aliphatic rings. The van der Waals surface area contributed by atoms with Crippen LogP contribution in [0.1, 0.15) is 112 Å². The first-order chi connectivity index (χ1) is 23.8. The molecule has 2 saturated heterocycles. The second kappa shape index (κ2) is 10.8. The number of carbonyl (C=O) groups is 5. The molecule has 10 nitrogen and oxygen atoms in total. The van der Waals surface area contributed by atoms with E-state index >= 15 is 4.79 Å². The lowest BCUT2D eigenvalue weighted by atomic mass is 9.46. The second-order valence-electron chi connectivity index (χ2n) is 20.6. The van der Waals surface area contributed by atoms with E-state index in [1.165, 1.54) is 0 Å². The topological polar surface area (TPSA) is 142 Å². The predicted molar refractivity (Wildman–Crippen MR) is 180 cm³/mol. The minimum absolute atomic E-state index is 0.0376. The van der Waals surface area contributed by atoms with Crippen molar-refractivity contribution in [2.45, 2.75) is 129 Å². The molecule has 51 heavy (non-hydrogen) atoms. The SMILES string of the molecule is CC1C(=O)OC(=O)C1C1C2CCC(C2)C1C(C)(CC1C(C)C2CC1C1COC(=O)C21)C(=O)OC12CC3CC(O)(C1)CC(C(=O)OC(C)(C)C)(C3)C2. The fourth-order valence-electron chi connectivity index (χ4n) is 15.2. The van der Waals surface area contributed by atoms with E-state index in [0.29, 0.717) is 51.6 Å². The Labute approximate surface area is 300 Å². The minimum atomic E-state index is -1.12. The number of hydrogen-bond acceptors (Lipinski definition) is 10. The fourth-order valence-corrected chi connectivity index (χ4v) is 15.2. The third kappa shape index (κ3) is 4.91. The quantitative estimate of drug-likeness (QED) is 0.207. The molecule has 0 aromatic heterocycles. The molecule has 0 aromatic rings.